The summed E-state index contributed by atoms with van der Waals surface area (Å²) in [5.41, 5.74) is 3.33. The third-order valence-corrected chi connectivity index (χ3v) is 4.57. The molecule has 9 heteroatoms. The molecule has 0 bridgehead atoms. The van der Waals surface area contributed by atoms with Crippen molar-refractivity contribution in [2.24, 2.45) is 5.10 Å². The number of carbonyl (C=O) groups excluding carboxylic acids is 1. The molecule has 0 aliphatic carbocycles. The Hall–Kier alpha value is -1.22. The fourth-order valence-corrected chi connectivity index (χ4v) is 3.84. The van der Waals surface area contributed by atoms with E-state index in [1.54, 1.807) is 6.21 Å². The van der Waals surface area contributed by atoms with Crippen molar-refractivity contribution in [3.05, 3.63) is 25.7 Å². The summed E-state index contributed by atoms with van der Waals surface area (Å²) in [6.07, 6.45) is 1.57. The highest BCUT2D eigenvalue weighted by Gasteiger charge is 2.13. The van der Waals surface area contributed by atoms with Crippen LogP contribution in [0.4, 0.5) is 0 Å². The standard InChI is InChI=1S/C15H16BrIN4O3/c16-12-7-11(8-13(17)15(12)24-4-1-18)9-19-20-14(22)10-21-2-5-23-6-3-21/h7-9H,2-6,10H2,(H,20,22)/b19-9+. The summed E-state index contributed by atoms with van der Waals surface area (Å²) in [5.74, 6) is 0.460. The molecule has 0 saturated carbocycles. The number of hydrogen-bond donors (Lipinski definition) is 1. The number of hydrazone groups is 1. The number of carbonyl (C=O) groups is 1. The van der Waals surface area contributed by atoms with Gasteiger partial charge < -0.3 is 9.47 Å². The van der Waals surface area contributed by atoms with Crippen molar-refractivity contribution in [2.45, 2.75) is 0 Å². The van der Waals surface area contributed by atoms with Crippen LogP contribution in [-0.4, -0.2) is 56.5 Å². The van der Waals surface area contributed by atoms with Gasteiger partial charge in [0.25, 0.3) is 5.91 Å². The minimum atomic E-state index is -0.157. The topological polar surface area (TPSA) is 86.9 Å². The zero-order valence-corrected chi connectivity index (χ0v) is 16.5. The lowest BCUT2D eigenvalue weighted by atomic mass is 10.2. The van der Waals surface area contributed by atoms with Crippen LogP contribution in [-0.2, 0) is 9.53 Å². The highest BCUT2D eigenvalue weighted by molar-refractivity contribution is 14.1. The molecule has 1 N–H and O–H groups in total. The van der Waals surface area contributed by atoms with Crippen LogP contribution < -0.4 is 10.2 Å². The zero-order valence-electron chi connectivity index (χ0n) is 12.8. The van der Waals surface area contributed by atoms with Gasteiger partial charge >= 0.3 is 0 Å². The van der Waals surface area contributed by atoms with E-state index in [-0.39, 0.29) is 12.5 Å². The number of rotatable bonds is 6. The molecule has 1 heterocycles. The Bertz CT molecular complexity index is 634. The van der Waals surface area contributed by atoms with Gasteiger partial charge in [-0.25, -0.2) is 5.43 Å². The van der Waals surface area contributed by atoms with E-state index in [2.05, 4.69) is 49.0 Å². The first-order valence-corrected chi connectivity index (χ1v) is 9.08. The lowest BCUT2D eigenvalue weighted by Crippen LogP contribution is -2.42. The summed E-state index contributed by atoms with van der Waals surface area (Å²) >= 11 is 5.53. The van der Waals surface area contributed by atoms with E-state index < -0.39 is 0 Å². The molecule has 0 atom stereocenters. The van der Waals surface area contributed by atoms with Crippen LogP contribution in [0.1, 0.15) is 5.56 Å². The van der Waals surface area contributed by atoms with Gasteiger partial charge in [0.1, 0.15) is 11.8 Å². The summed E-state index contributed by atoms with van der Waals surface area (Å²) in [4.78, 5) is 13.9. The third kappa shape index (κ3) is 6.01. The molecule has 0 radical (unpaired) electrons. The SMILES string of the molecule is N#CCOc1c(Br)cc(/C=N/NC(=O)CN2CCOCC2)cc1I. The molecule has 128 valence electrons. The van der Waals surface area contributed by atoms with Gasteiger partial charge in [-0.3, -0.25) is 9.69 Å². The summed E-state index contributed by atoms with van der Waals surface area (Å²) in [7, 11) is 0. The summed E-state index contributed by atoms with van der Waals surface area (Å²) < 4.78 is 12.2. The van der Waals surface area contributed by atoms with E-state index >= 15 is 0 Å². The van der Waals surface area contributed by atoms with Gasteiger partial charge in [0, 0.05) is 13.1 Å². The van der Waals surface area contributed by atoms with Crippen molar-refractivity contribution in [2.75, 3.05) is 39.5 Å². The Labute approximate surface area is 162 Å². The average Bonchev–Trinajstić information content (AvgIpc) is 2.55. The van der Waals surface area contributed by atoms with Crippen LogP contribution in [0.3, 0.4) is 0 Å². The quantitative estimate of drug-likeness (QED) is 0.361. The maximum absolute atomic E-state index is 11.8. The van der Waals surface area contributed by atoms with Crippen LogP contribution in [0.5, 0.6) is 5.75 Å². The number of nitrogens with one attached hydrogen (secondary N) is 1. The molecule has 0 unspecified atom stereocenters. The first kappa shape index (κ1) is 19.1. The predicted molar refractivity (Wildman–Crippen MR) is 101 cm³/mol. The molecule has 0 aromatic heterocycles. The molecule has 2 rings (SSSR count). The Kier molecular flexibility index (Phi) is 7.90. The molecular formula is C15H16BrIN4O3. The second kappa shape index (κ2) is 9.93. The van der Waals surface area contributed by atoms with Gasteiger partial charge in [-0.15, -0.1) is 0 Å². The number of nitrogens with zero attached hydrogens (tertiary/aromatic N) is 3. The number of amides is 1. The maximum atomic E-state index is 11.8. The van der Waals surface area contributed by atoms with Crippen LogP contribution in [0.2, 0.25) is 0 Å². The lowest BCUT2D eigenvalue weighted by molar-refractivity contribution is -0.123. The molecule has 1 aromatic carbocycles. The second-order valence-corrected chi connectivity index (χ2v) is 6.96. The fraction of sp³-hybridized carbons (Fsp3) is 0.400. The van der Waals surface area contributed by atoms with Gasteiger partial charge in [-0.2, -0.15) is 10.4 Å². The van der Waals surface area contributed by atoms with Gasteiger partial charge in [-0.1, -0.05) is 0 Å². The van der Waals surface area contributed by atoms with E-state index in [9.17, 15) is 4.79 Å². The van der Waals surface area contributed by atoms with Crippen molar-refractivity contribution < 1.29 is 14.3 Å². The van der Waals surface area contributed by atoms with Crippen molar-refractivity contribution in [1.29, 1.82) is 5.26 Å². The van der Waals surface area contributed by atoms with Gasteiger partial charge in [0.2, 0.25) is 0 Å². The zero-order chi connectivity index (χ0) is 17.4. The minimum Gasteiger partial charge on any atom is -0.476 e. The fourth-order valence-electron chi connectivity index (χ4n) is 2.07. The molecule has 7 nitrogen and oxygen atoms in total. The first-order valence-electron chi connectivity index (χ1n) is 7.21. The molecule has 1 saturated heterocycles. The molecule has 0 spiro atoms. The van der Waals surface area contributed by atoms with Crippen LogP contribution in [0.15, 0.2) is 21.7 Å². The number of hydrogen-bond acceptors (Lipinski definition) is 6. The number of morpholine rings is 1. The average molecular weight is 507 g/mol. The first-order chi connectivity index (χ1) is 11.6. The summed E-state index contributed by atoms with van der Waals surface area (Å²) in [5, 5.41) is 12.6. The number of halogens is 2. The smallest absolute Gasteiger partial charge is 0.254 e. The van der Waals surface area contributed by atoms with Gasteiger partial charge in [0.15, 0.2) is 6.61 Å². The molecule has 1 aromatic rings. The van der Waals surface area contributed by atoms with E-state index in [0.29, 0.717) is 25.5 Å². The van der Waals surface area contributed by atoms with Crippen molar-refractivity contribution >= 4 is 50.6 Å². The van der Waals surface area contributed by atoms with Gasteiger partial charge in [0.05, 0.1) is 34.0 Å². The minimum absolute atomic E-state index is 0.0143. The van der Waals surface area contributed by atoms with Crippen LogP contribution >= 0.6 is 38.5 Å². The second-order valence-electron chi connectivity index (χ2n) is 4.94. The molecule has 24 heavy (non-hydrogen) atoms. The normalized spacial score (nSPS) is 15.2. The Morgan fingerprint density at radius 1 is 1.54 bits per heavy atom. The Morgan fingerprint density at radius 3 is 2.96 bits per heavy atom. The van der Waals surface area contributed by atoms with Crippen LogP contribution in [0, 0.1) is 14.9 Å². The van der Waals surface area contributed by atoms with E-state index in [4.69, 9.17) is 14.7 Å². The largest absolute Gasteiger partial charge is 0.476 e. The molecule has 1 fully saturated rings. The highest BCUT2D eigenvalue weighted by Crippen LogP contribution is 2.31. The van der Waals surface area contributed by atoms with E-state index in [1.165, 1.54) is 0 Å². The third-order valence-electron chi connectivity index (χ3n) is 3.18. The van der Waals surface area contributed by atoms with Crippen LogP contribution in [0.25, 0.3) is 0 Å². The Balaban J connectivity index is 1.89. The predicted octanol–water partition coefficient (Wildman–Crippen LogP) is 1.74. The van der Waals surface area contributed by atoms with E-state index in [1.807, 2.05) is 23.1 Å². The molecular weight excluding hydrogens is 491 g/mol. The Morgan fingerprint density at radius 2 is 2.29 bits per heavy atom. The molecule has 1 amide bonds. The number of nitriles is 1. The van der Waals surface area contributed by atoms with Crippen molar-refractivity contribution in [3.63, 3.8) is 0 Å². The number of benzene rings is 1. The maximum Gasteiger partial charge on any atom is 0.254 e. The van der Waals surface area contributed by atoms with Gasteiger partial charge in [-0.05, 0) is 56.2 Å². The summed E-state index contributed by atoms with van der Waals surface area (Å²) in [6, 6.07) is 5.60. The van der Waals surface area contributed by atoms with Crippen molar-refractivity contribution in [3.8, 4) is 11.8 Å². The van der Waals surface area contributed by atoms with E-state index in [0.717, 1.165) is 26.7 Å². The monoisotopic (exact) mass is 506 g/mol. The summed E-state index contributed by atoms with van der Waals surface area (Å²) in [6.45, 7) is 3.12. The van der Waals surface area contributed by atoms with Crippen molar-refractivity contribution in [1.82, 2.24) is 10.3 Å². The highest BCUT2D eigenvalue weighted by atomic mass is 127. The molecule has 1 aliphatic rings. The molecule has 1 aliphatic heterocycles. The lowest BCUT2D eigenvalue weighted by Gasteiger charge is -2.25. The number of ether oxygens (including phenoxy) is 2.